The third kappa shape index (κ3) is 9.53. The van der Waals surface area contributed by atoms with Crippen molar-refractivity contribution in [3.8, 4) is 0 Å². The normalized spacial score (nSPS) is 12.0. The smallest absolute Gasteiger partial charge is 0.0766 e. The van der Waals surface area contributed by atoms with E-state index in [4.69, 9.17) is 9.47 Å². The van der Waals surface area contributed by atoms with Gasteiger partial charge in [0.2, 0.25) is 0 Å². The van der Waals surface area contributed by atoms with Crippen molar-refractivity contribution in [1.82, 2.24) is 5.32 Å². The van der Waals surface area contributed by atoms with Gasteiger partial charge < -0.3 is 19.9 Å². The predicted octanol–water partition coefficient (Wildman–Crippen LogP) is 1.57. The van der Waals surface area contributed by atoms with Gasteiger partial charge in [0.25, 0.3) is 0 Å². The molecule has 4 nitrogen and oxygen atoms in total. The van der Waals surface area contributed by atoms with Crippen molar-refractivity contribution < 1.29 is 14.6 Å². The van der Waals surface area contributed by atoms with E-state index in [-0.39, 0.29) is 0 Å². The van der Waals surface area contributed by atoms with Crippen molar-refractivity contribution in [3.63, 3.8) is 0 Å². The molecule has 0 aliphatic heterocycles. The van der Waals surface area contributed by atoms with Gasteiger partial charge in [0.15, 0.2) is 0 Å². The van der Waals surface area contributed by atoms with Crippen LogP contribution >= 0.6 is 0 Å². The van der Waals surface area contributed by atoms with E-state index in [1.165, 1.54) is 0 Å². The molecular formula is C13H29NO3. The van der Waals surface area contributed by atoms with E-state index in [0.717, 1.165) is 38.8 Å². The summed E-state index contributed by atoms with van der Waals surface area (Å²) in [6, 6.07) is 0. The number of rotatable bonds is 12. The van der Waals surface area contributed by atoms with E-state index in [2.05, 4.69) is 5.32 Å². The van der Waals surface area contributed by atoms with Crippen molar-refractivity contribution in [2.45, 2.75) is 45.1 Å². The monoisotopic (exact) mass is 247 g/mol. The van der Waals surface area contributed by atoms with Gasteiger partial charge in [-0.05, 0) is 32.2 Å². The summed E-state index contributed by atoms with van der Waals surface area (Å²) in [5.74, 6) is 0. The molecule has 0 saturated heterocycles. The summed E-state index contributed by atoms with van der Waals surface area (Å²) >= 11 is 0. The van der Waals surface area contributed by atoms with E-state index >= 15 is 0 Å². The Morgan fingerprint density at radius 2 is 1.76 bits per heavy atom. The molecule has 0 amide bonds. The Kier molecular flexibility index (Phi) is 10.9. The number of methoxy groups -OCH3 is 1. The molecule has 0 rings (SSSR count). The molecule has 0 aromatic rings. The largest absolute Gasteiger partial charge is 0.389 e. The van der Waals surface area contributed by atoms with Gasteiger partial charge in [0.1, 0.15) is 0 Å². The average Bonchev–Trinajstić information content (AvgIpc) is 2.36. The van der Waals surface area contributed by atoms with Crippen LogP contribution in [0.2, 0.25) is 0 Å². The summed E-state index contributed by atoms with van der Waals surface area (Å²) in [4.78, 5) is 0. The van der Waals surface area contributed by atoms with Crippen LogP contribution in [0.4, 0.5) is 0 Å². The summed E-state index contributed by atoms with van der Waals surface area (Å²) < 4.78 is 10.2. The van der Waals surface area contributed by atoms with Gasteiger partial charge in [0, 0.05) is 20.3 Å². The Bertz CT molecular complexity index is 161. The fourth-order valence-corrected chi connectivity index (χ4v) is 1.52. The topological polar surface area (TPSA) is 50.7 Å². The number of hydrogen-bond donors (Lipinski definition) is 2. The third-order valence-electron chi connectivity index (χ3n) is 3.09. The van der Waals surface area contributed by atoms with Crippen LogP contribution in [0.1, 0.15) is 39.5 Å². The molecule has 0 aliphatic carbocycles. The first-order valence-corrected chi connectivity index (χ1v) is 6.68. The van der Waals surface area contributed by atoms with Crippen LogP contribution in [0.5, 0.6) is 0 Å². The number of hydrogen-bond acceptors (Lipinski definition) is 4. The van der Waals surface area contributed by atoms with Crippen LogP contribution in [0.15, 0.2) is 0 Å². The minimum absolute atomic E-state index is 0.533. The molecule has 4 heteroatoms. The van der Waals surface area contributed by atoms with Crippen molar-refractivity contribution in [3.05, 3.63) is 0 Å². The van der Waals surface area contributed by atoms with Crippen molar-refractivity contribution in [2.24, 2.45) is 0 Å². The summed E-state index contributed by atoms with van der Waals surface area (Å²) in [7, 11) is 1.68. The van der Waals surface area contributed by atoms with Gasteiger partial charge in [-0.2, -0.15) is 0 Å². The standard InChI is InChI=1S/C13H29NO3/c1-4-13(15,5-2)12-14-8-6-7-9-17-11-10-16-3/h14-15H,4-12H2,1-3H3. The van der Waals surface area contributed by atoms with Gasteiger partial charge in [-0.1, -0.05) is 13.8 Å². The van der Waals surface area contributed by atoms with Crippen LogP contribution in [0, 0.1) is 0 Å². The lowest BCUT2D eigenvalue weighted by Gasteiger charge is -2.25. The molecule has 0 heterocycles. The molecule has 0 spiro atoms. The lowest BCUT2D eigenvalue weighted by Crippen LogP contribution is -2.39. The van der Waals surface area contributed by atoms with Gasteiger partial charge >= 0.3 is 0 Å². The molecule has 0 bridgehead atoms. The highest BCUT2D eigenvalue weighted by atomic mass is 16.5. The van der Waals surface area contributed by atoms with Gasteiger partial charge in [-0.25, -0.2) is 0 Å². The Morgan fingerprint density at radius 1 is 1.06 bits per heavy atom. The Hall–Kier alpha value is -0.160. The molecule has 0 radical (unpaired) electrons. The lowest BCUT2D eigenvalue weighted by molar-refractivity contribution is 0.0323. The maximum atomic E-state index is 10.0. The number of nitrogens with one attached hydrogen (secondary N) is 1. The van der Waals surface area contributed by atoms with E-state index in [1.54, 1.807) is 7.11 Å². The average molecular weight is 247 g/mol. The van der Waals surface area contributed by atoms with Crippen LogP contribution in [0.3, 0.4) is 0 Å². The number of aliphatic hydroxyl groups is 1. The first-order chi connectivity index (χ1) is 8.18. The highest BCUT2D eigenvalue weighted by Crippen LogP contribution is 2.12. The van der Waals surface area contributed by atoms with Gasteiger partial charge in [-0.3, -0.25) is 0 Å². The predicted molar refractivity (Wildman–Crippen MR) is 70.3 cm³/mol. The molecule has 17 heavy (non-hydrogen) atoms. The second-order valence-electron chi connectivity index (χ2n) is 4.42. The van der Waals surface area contributed by atoms with Crippen molar-refractivity contribution in [2.75, 3.05) is 40.0 Å². The Balaban J connectivity index is 3.23. The maximum absolute atomic E-state index is 10.0. The molecule has 0 unspecified atom stereocenters. The first kappa shape index (κ1) is 16.8. The molecular weight excluding hydrogens is 218 g/mol. The molecule has 0 fully saturated rings. The molecule has 0 aromatic carbocycles. The van der Waals surface area contributed by atoms with E-state index < -0.39 is 5.60 Å². The minimum atomic E-state index is -0.533. The Labute approximate surface area is 106 Å². The van der Waals surface area contributed by atoms with Crippen LogP contribution < -0.4 is 5.32 Å². The van der Waals surface area contributed by atoms with Crippen molar-refractivity contribution in [1.29, 1.82) is 0 Å². The zero-order chi connectivity index (χ0) is 13.0. The fraction of sp³-hybridized carbons (Fsp3) is 1.00. The highest BCUT2D eigenvalue weighted by Gasteiger charge is 2.20. The quantitative estimate of drug-likeness (QED) is 0.514. The second-order valence-corrected chi connectivity index (χ2v) is 4.42. The Morgan fingerprint density at radius 3 is 2.35 bits per heavy atom. The van der Waals surface area contributed by atoms with Crippen LogP contribution in [-0.2, 0) is 9.47 Å². The van der Waals surface area contributed by atoms with Crippen LogP contribution in [-0.4, -0.2) is 50.7 Å². The zero-order valence-corrected chi connectivity index (χ0v) is 11.6. The van der Waals surface area contributed by atoms with Crippen LogP contribution in [0.25, 0.3) is 0 Å². The molecule has 0 aliphatic rings. The maximum Gasteiger partial charge on any atom is 0.0766 e. The lowest BCUT2D eigenvalue weighted by atomic mass is 9.98. The van der Waals surface area contributed by atoms with E-state index in [9.17, 15) is 5.11 Å². The molecule has 0 atom stereocenters. The first-order valence-electron chi connectivity index (χ1n) is 6.68. The number of ether oxygens (including phenoxy) is 2. The molecule has 2 N–H and O–H groups in total. The summed E-state index contributed by atoms with van der Waals surface area (Å²) in [6.45, 7) is 7.80. The number of unbranched alkanes of at least 4 members (excludes halogenated alkanes) is 1. The second kappa shape index (κ2) is 11.0. The molecule has 104 valence electrons. The molecule has 0 saturated carbocycles. The van der Waals surface area contributed by atoms with Gasteiger partial charge in [0.05, 0.1) is 18.8 Å². The van der Waals surface area contributed by atoms with E-state index in [0.29, 0.717) is 19.8 Å². The summed E-state index contributed by atoms with van der Waals surface area (Å²) in [6.07, 6.45) is 3.73. The summed E-state index contributed by atoms with van der Waals surface area (Å²) in [5, 5.41) is 13.3. The third-order valence-corrected chi connectivity index (χ3v) is 3.09. The fourth-order valence-electron chi connectivity index (χ4n) is 1.52. The minimum Gasteiger partial charge on any atom is -0.389 e. The summed E-state index contributed by atoms with van der Waals surface area (Å²) in [5.41, 5.74) is -0.533. The highest BCUT2D eigenvalue weighted by molar-refractivity contribution is 4.77. The van der Waals surface area contributed by atoms with Gasteiger partial charge in [-0.15, -0.1) is 0 Å². The van der Waals surface area contributed by atoms with E-state index in [1.807, 2.05) is 13.8 Å². The molecule has 0 aromatic heterocycles. The van der Waals surface area contributed by atoms with Crippen molar-refractivity contribution >= 4 is 0 Å². The zero-order valence-electron chi connectivity index (χ0n) is 11.6. The SMILES string of the molecule is CCC(O)(CC)CNCCCCOCCOC.